The average Bonchev–Trinajstić information content (AvgIpc) is 2.99. The number of fused-ring (bicyclic) bond motifs is 3. The van der Waals surface area contributed by atoms with Gasteiger partial charge < -0.3 is 15.2 Å². The quantitative estimate of drug-likeness (QED) is 0.755. The molecule has 0 spiro atoms. The second-order valence-corrected chi connectivity index (χ2v) is 9.05. The van der Waals surface area contributed by atoms with Crippen LogP contribution in [0.25, 0.3) is 10.9 Å². The van der Waals surface area contributed by atoms with E-state index in [0.717, 1.165) is 25.8 Å². The summed E-state index contributed by atoms with van der Waals surface area (Å²) in [6, 6.07) is 7.21. The zero-order valence-electron chi connectivity index (χ0n) is 16.3. The van der Waals surface area contributed by atoms with Crippen molar-refractivity contribution in [1.82, 2.24) is 15.2 Å². The number of rotatable bonds is 1. The third kappa shape index (κ3) is 3.34. The molecule has 2 aliphatic rings. The van der Waals surface area contributed by atoms with Crippen molar-refractivity contribution in [2.75, 3.05) is 6.54 Å². The number of H-pyrrole nitrogens is 1. The fourth-order valence-electron chi connectivity index (χ4n) is 4.37. The summed E-state index contributed by atoms with van der Waals surface area (Å²) in [6.45, 7) is 8.25. The number of benzene rings is 1. The number of carbonyl (C=O) groups is 1. The van der Waals surface area contributed by atoms with E-state index in [4.69, 9.17) is 0 Å². The van der Waals surface area contributed by atoms with Crippen molar-refractivity contribution in [2.24, 2.45) is 0 Å². The number of urea groups is 1. The highest BCUT2D eigenvalue weighted by Crippen LogP contribution is 2.32. The fraction of sp³-hybridized carbons (Fsp3) is 0.591. The molecule has 1 fully saturated rings. The molecular formula is C22H31N3O. The molecular weight excluding hydrogens is 322 g/mol. The van der Waals surface area contributed by atoms with Crippen molar-refractivity contribution in [3.8, 4) is 0 Å². The van der Waals surface area contributed by atoms with Crippen molar-refractivity contribution >= 4 is 16.9 Å². The van der Waals surface area contributed by atoms with Gasteiger partial charge in [-0.1, -0.05) is 46.1 Å². The van der Waals surface area contributed by atoms with E-state index in [2.05, 4.69) is 49.3 Å². The van der Waals surface area contributed by atoms with Gasteiger partial charge in [-0.25, -0.2) is 4.79 Å². The molecule has 2 N–H and O–H groups in total. The maximum Gasteiger partial charge on any atom is 0.317 e. The Kier molecular flexibility index (Phi) is 4.45. The Balaban J connectivity index is 1.56. The molecule has 2 heterocycles. The molecule has 1 aliphatic heterocycles. The van der Waals surface area contributed by atoms with E-state index in [1.165, 1.54) is 47.0 Å². The van der Waals surface area contributed by atoms with E-state index in [-0.39, 0.29) is 11.4 Å². The topological polar surface area (TPSA) is 48.1 Å². The minimum absolute atomic E-state index is 0.115. The van der Waals surface area contributed by atoms with Crippen molar-refractivity contribution in [1.29, 1.82) is 0 Å². The number of amides is 2. The van der Waals surface area contributed by atoms with Crippen molar-refractivity contribution in [3.63, 3.8) is 0 Å². The lowest BCUT2D eigenvalue weighted by Gasteiger charge is -2.31. The van der Waals surface area contributed by atoms with Crippen molar-refractivity contribution < 1.29 is 4.79 Å². The van der Waals surface area contributed by atoms with Crippen LogP contribution in [-0.2, 0) is 18.4 Å². The summed E-state index contributed by atoms with van der Waals surface area (Å²) in [4.78, 5) is 18.3. The molecule has 26 heavy (non-hydrogen) atoms. The van der Waals surface area contributed by atoms with E-state index in [1.807, 2.05) is 4.90 Å². The van der Waals surface area contributed by atoms with Crippen LogP contribution in [0.1, 0.15) is 69.7 Å². The first-order chi connectivity index (χ1) is 12.4. The number of aromatic nitrogens is 1. The van der Waals surface area contributed by atoms with Crippen LogP contribution in [0.2, 0.25) is 0 Å². The summed E-state index contributed by atoms with van der Waals surface area (Å²) in [5.41, 5.74) is 5.27. The largest absolute Gasteiger partial charge is 0.358 e. The minimum atomic E-state index is 0.115. The van der Waals surface area contributed by atoms with Gasteiger partial charge in [0.1, 0.15) is 0 Å². The summed E-state index contributed by atoms with van der Waals surface area (Å²) in [6.07, 6.45) is 6.97. The molecule has 4 rings (SSSR count). The molecule has 1 aliphatic carbocycles. The molecule has 0 atom stereocenters. The normalized spacial score (nSPS) is 18.8. The van der Waals surface area contributed by atoms with Gasteiger partial charge in [0, 0.05) is 47.7 Å². The number of aromatic amines is 1. The van der Waals surface area contributed by atoms with Gasteiger partial charge >= 0.3 is 6.03 Å². The second-order valence-electron chi connectivity index (χ2n) is 9.05. The molecule has 0 bridgehead atoms. The van der Waals surface area contributed by atoms with Gasteiger partial charge in [-0.05, 0) is 36.0 Å². The number of hydrogen-bond acceptors (Lipinski definition) is 1. The van der Waals surface area contributed by atoms with Crippen LogP contribution in [0.4, 0.5) is 4.79 Å². The maximum absolute atomic E-state index is 12.8. The van der Waals surface area contributed by atoms with E-state index < -0.39 is 0 Å². The van der Waals surface area contributed by atoms with Crippen LogP contribution in [0, 0.1) is 0 Å². The predicted molar refractivity (Wildman–Crippen MR) is 107 cm³/mol. The standard InChI is InChI=1S/C22H31N3O/c1-22(2,3)15-9-10-19-17(13-15)18-14-25(12-11-20(18)24-19)21(26)23-16-7-5-4-6-8-16/h9-10,13,16,24H,4-8,11-12,14H2,1-3H3,(H,23,26). The molecule has 2 amide bonds. The Bertz CT molecular complexity index is 809. The van der Waals surface area contributed by atoms with Gasteiger partial charge in [0.05, 0.1) is 0 Å². The fourth-order valence-corrected chi connectivity index (χ4v) is 4.37. The number of hydrogen-bond donors (Lipinski definition) is 2. The number of carbonyl (C=O) groups excluding carboxylic acids is 1. The second kappa shape index (κ2) is 6.64. The lowest BCUT2D eigenvalue weighted by molar-refractivity contribution is 0.185. The van der Waals surface area contributed by atoms with Gasteiger partial charge in [-0.15, -0.1) is 0 Å². The third-order valence-corrected chi connectivity index (χ3v) is 6.06. The minimum Gasteiger partial charge on any atom is -0.358 e. The lowest BCUT2D eigenvalue weighted by Crippen LogP contribution is -2.47. The summed E-state index contributed by atoms with van der Waals surface area (Å²) in [5.74, 6) is 0. The van der Waals surface area contributed by atoms with E-state index >= 15 is 0 Å². The van der Waals surface area contributed by atoms with Crippen LogP contribution in [-0.4, -0.2) is 28.5 Å². The van der Waals surface area contributed by atoms with E-state index in [0.29, 0.717) is 12.6 Å². The molecule has 1 aromatic carbocycles. The Morgan fingerprint density at radius 2 is 1.96 bits per heavy atom. The SMILES string of the molecule is CC(C)(C)c1ccc2[nH]c3c(c2c1)CN(C(=O)NC1CCCCC1)CC3. The third-order valence-electron chi connectivity index (χ3n) is 6.06. The summed E-state index contributed by atoms with van der Waals surface area (Å²) < 4.78 is 0. The van der Waals surface area contributed by atoms with Crippen molar-refractivity contribution in [3.05, 3.63) is 35.0 Å². The first kappa shape index (κ1) is 17.4. The van der Waals surface area contributed by atoms with Crippen LogP contribution in [0.3, 0.4) is 0 Å². The zero-order chi connectivity index (χ0) is 18.3. The predicted octanol–water partition coefficient (Wildman–Crippen LogP) is 4.87. The highest BCUT2D eigenvalue weighted by Gasteiger charge is 2.26. The lowest BCUT2D eigenvalue weighted by atomic mass is 9.86. The van der Waals surface area contributed by atoms with Crippen molar-refractivity contribution in [2.45, 2.75) is 77.3 Å². The molecule has 140 valence electrons. The first-order valence-corrected chi connectivity index (χ1v) is 10.1. The van der Waals surface area contributed by atoms with E-state index in [1.54, 1.807) is 0 Å². The molecule has 0 radical (unpaired) electrons. The molecule has 1 saturated carbocycles. The Morgan fingerprint density at radius 3 is 2.69 bits per heavy atom. The maximum atomic E-state index is 12.8. The number of nitrogens with one attached hydrogen (secondary N) is 2. The molecule has 4 nitrogen and oxygen atoms in total. The van der Waals surface area contributed by atoms with Crippen LogP contribution >= 0.6 is 0 Å². The molecule has 0 unspecified atom stereocenters. The van der Waals surface area contributed by atoms with Crippen LogP contribution < -0.4 is 5.32 Å². The molecule has 4 heteroatoms. The average molecular weight is 354 g/mol. The Hall–Kier alpha value is -1.97. The monoisotopic (exact) mass is 353 g/mol. The Morgan fingerprint density at radius 1 is 1.19 bits per heavy atom. The van der Waals surface area contributed by atoms with Crippen LogP contribution in [0.5, 0.6) is 0 Å². The van der Waals surface area contributed by atoms with Gasteiger partial charge in [-0.3, -0.25) is 0 Å². The summed E-state index contributed by atoms with van der Waals surface area (Å²) in [5, 5.41) is 4.55. The Labute approximate surface area is 156 Å². The molecule has 1 aromatic heterocycles. The highest BCUT2D eigenvalue weighted by molar-refractivity contribution is 5.86. The first-order valence-electron chi connectivity index (χ1n) is 10.1. The summed E-state index contributed by atoms with van der Waals surface area (Å²) >= 11 is 0. The van der Waals surface area contributed by atoms with Gasteiger partial charge in [-0.2, -0.15) is 0 Å². The van der Waals surface area contributed by atoms with Gasteiger partial charge in [0.15, 0.2) is 0 Å². The molecule has 2 aromatic rings. The van der Waals surface area contributed by atoms with Crippen LogP contribution in [0.15, 0.2) is 18.2 Å². The number of nitrogens with zero attached hydrogens (tertiary/aromatic N) is 1. The smallest absolute Gasteiger partial charge is 0.317 e. The van der Waals surface area contributed by atoms with E-state index in [9.17, 15) is 4.79 Å². The molecule has 0 saturated heterocycles. The highest BCUT2D eigenvalue weighted by atomic mass is 16.2. The van der Waals surface area contributed by atoms with Gasteiger partial charge in [0.2, 0.25) is 0 Å². The van der Waals surface area contributed by atoms with Gasteiger partial charge in [0.25, 0.3) is 0 Å². The zero-order valence-corrected chi connectivity index (χ0v) is 16.3. The summed E-state index contributed by atoms with van der Waals surface area (Å²) in [7, 11) is 0.